The van der Waals surface area contributed by atoms with Gasteiger partial charge in [0.05, 0.1) is 30.6 Å². The Balaban J connectivity index is 1.27. The molecule has 11 nitrogen and oxygen atoms in total. The Hall–Kier alpha value is -4.95. The van der Waals surface area contributed by atoms with Gasteiger partial charge in [0.15, 0.2) is 11.5 Å². The van der Waals surface area contributed by atoms with Crippen molar-refractivity contribution in [2.45, 2.75) is 38.3 Å². The topological polar surface area (TPSA) is 137 Å². The zero-order valence-corrected chi connectivity index (χ0v) is 21.6. The van der Waals surface area contributed by atoms with Crippen LogP contribution < -0.4 is 15.4 Å². The summed E-state index contributed by atoms with van der Waals surface area (Å²) in [4.78, 5) is 28.2. The van der Waals surface area contributed by atoms with Crippen molar-refractivity contribution in [1.29, 1.82) is 0 Å². The Bertz CT molecular complexity index is 1490. The number of nitrogens with zero attached hydrogens (tertiary/aromatic N) is 6. The van der Waals surface area contributed by atoms with Crippen molar-refractivity contribution in [3.05, 3.63) is 78.0 Å². The third-order valence-corrected chi connectivity index (χ3v) is 5.64. The van der Waals surface area contributed by atoms with Crippen LogP contribution in [0.1, 0.15) is 28.3 Å². The monoisotopic (exact) mass is 572 g/mol. The molecule has 0 radical (unpaired) electrons. The summed E-state index contributed by atoms with van der Waals surface area (Å²) in [5.74, 6) is -1.02. The molecule has 41 heavy (non-hydrogen) atoms. The van der Waals surface area contributed by atoms with Crippen LogP contribution in [0.4, 0.5) is 23.4 Å². The van der Waals surface area contributed by atoms with Crippen LogP contribution in [0.5, 0.6) is 5.75 Å². The number of nitrogens with one attached hydrogen (secondary N) is 2. The molecule has 0 spiro atoms. The smallest absolute Gasteiger partial charge is 0.406 e. The van der Waals surface area contributed by atoms with Gasteiger partial charge < -0.3 is 15.4 Å². The summed E-state index contributed by atoms with van der Waals surface area (Å²) in [7, 11) is 1.46. The number of hydrogen-bond donors (Lipinski definition) is 2. The van der Waals surface area contributed by atoms with E-state index in [9.17, 15) is 27.2 Å². The zero-order valence-electron chi connectivity index (χ0n) is 21.6. The molecule has 0 bridgehead atoms. The van der Waals surface area contributed by atoms with Gasteiger partial charge in [-0.1, -0.05) is 17.3 Å². The van der Waals surface area contributed by atoms with E-state index in [4.69, 9.17) is 0 Å². The van der Waals surface area contributed by atoms with Crippen molar-refractivity contribution < 1.29 is 31.9 Å². The highest BCUT2D eigenvalue weighted by atomic mass is 19.4. The molecule has 0 aliphatic carbocycles. The number of benzene rings is 1. The molecule has 0 saturated carbocycles. The molecule has 0 aliphatic heterocycles. The van der Waals surface area contributed by atoms with E-state index in [1.165, 1.54) is 48.4 Å². The number of halogens is 4. The van der Waals surface area contributed by atoms with Crippen LogP contribution in [0.2, 0.25) is 0 Å². The number of carbonyl (C=O) groups is 2. The maximum atomic E-state index is 14.4. The lowest BCUT2D eigenvalue weighted by Gasteiger charge is -2.11. The highest BCUT2D eigenvalue weighted by Gasteiger charge is 2.31. The van der Waals surface area contributed by atoms with Crippen molar-refractivity contribution in [3.8, 4) is 16.9 Å². The van der Waals surface area contributed by atoms with Crippen LogP contribution >= 0.6 is 0 Å². The molecule has 1 aromatic carbocycles. The minimum absolute atomic E-state index is 0.0758. The van der Waals surface area contributed by atoms with Gasteiger partial charge in [-0.2, -0.15) is 5.10 Å². The zero-order chi connectivity index (χ0) is 29.4. The SMILES string of the molecule is CNC(=O)c1cn(C[C@H](F)CCc2ccc(NC(=O)Cc3cc(-c4cccc(OC(F)(F)F)c4)ccn3)nn2)nn1. The standard InChI is InChI=1S/C26H24F4N8O3/c1-31-25(40)22-15-38(37-35-22)14-18(27)5-6-19-7-8-23(36-34-19)33-24(39)13-20-11-17(9-10-32-20)16-3-2-4-21(12-16)41-26(28,29)30/h2-4,7-12,15,18H,5-6,13-14H2,1H3,(H,31,40)(H,33,36,39)/t18-/m1/s1. The molecule has 0 fully saturated rings. The molecule has 2 amide bonds. The van der Waals surface area contributed by atoms with Gasteiger partial charge in [-0.05, 0) is 60.4 Å². The number of carbonyl (C=O) groups excluding carboxylic acids is 2. The van der Waals surface area contributed by atoms with E-state index in [1.807, 2.05) is 0 Å². The normalized spacial score (nSPS) is 12.0. The summed E-state index contributed by atoms with van der Waals surface area (Å²) < 4.78 is 57.2. The Labute approximate surface area is 231 Å². The highest BCUT2D eigenvalue weighted by Crippen LogP contribution is 2.28. The molecule has 4 aromatic rings. The number of alkyl halides is 4. The van der Waals surface area contributed by atoms with Crippen LogP contribution in [0, 0.1) is 0 Å². The fourth-order valence-corrected chi connectivity index (χ4v) is 3.76. The van der Waals surface area contributed by atoms with Crippen molar-refractivity contribution >= 4 is 17.6 Å². The van der Waals surface area contributed by atoms with Crippen molar-refractivity contribution in [2.24, 2.45) is 0 Å². The van der Waals surface area contributed by atoms with Gasteiger partial charge >= 0.3 is 6.36 Å². The molecule has 3 heterocycles. The van der Waals surface area contributed by atoms with Crippen LogP contribution in [-0.2, 0) is 24.2 Å². The lowest BCUT2D eigenvalue weighted by molar-refractivity contribution is -0.274. The van der Waals surface area contributed by atoms with Crippen LogP contribution in [-0.4, -0.2) is 61.6 Å². The summed E-state index contributed by atoms with van der Waals surface area (Å²) in [5, 5.41) is 20.4. The molecule has 0 unspecified atom stereocenters. The van der Waals surface area contributed by atoms with Crippen molar-refractivity contribution in [3.63, 3.8) is 0 Å². The minimum Gasteiger partial charge on any atom is -0.406 e. The molecule has 4 rings (SSSR count). The number of ether oxygens (including phenoxy) is 1. The van der Waals surface area contributed by atoms with Gasteiger partial charge in [0.1, 0.15) is 11.9 Å². The largest absolute Gasteiger partial charge is 0.573 e. The van der Waals surface area contributed by atoms with E-state index in [1.54, 1.807) is 24.3 Å². The molecular formula is C26H24F4N8O3. The maximum absolute atomic E-state index is 14.4. The van der Waals surface area contributed by atoms with Gasteiger partial charge in [-0.15, -0.1) is 23.4 Å². The highest BCUT2D eigenvalue weighted by molar-refractivity contribution is 5.91. The molecule has 0 saturated heterocycles. The lowest BCUT2D eigenvalue weighted by atomic mass is 10.1. The Morgan fingerprint density at radius 1 is 1.02 bits per heavy atom. The number of anilines is 1. The summed E-state index contributed by atoms with van der Waals surface area (Å²) in [6.07, 6.45) is -2.98. The second-order valence-corrected chi connectivity index (χ2v) is 8.79. The predicted octanol–water partition coefficient (Wildman–Crippen LogP) is 3.54. The van der Waals surface area contributed by atoms with Gasteiger partial charge in [0, 0.05) is 13.2 Å². The number of pyridine rings is 1. The number of amides is 2. The number of hydrogen-bond acceptors (Lipinski definition) is 8. The maximum Gasteiger partial charge on any atom is 0.573 e. The first-order valence-electron chi connectivity index (χ1n) is 12.3. The summed E-state index contributed by atoms with van der Waals surface area (Å²) in [5.41, 5.74) is 2.01. The van der Waals surface area contributed by atoms with E-state index in [-0.39, 0.29) is 43.1 Å². The molecule has 2 N–H and O–H groups in total. The predicted molar refractivity (Wildman–Crippen MR) is 137 cm³/mol. The lowest BCUT2D eigenvalue weighted by Crippen LogP contribution is -2.18. The first kappa shape index (κ1) is 29.0. The minimum atomic E-state index is -4.81. The van der Waals surface area contributed by atoms with E-state index in [0.717, 1.165) is 0 Å². The van der Waals surface area contributed by atoms with Gasteiger partial charge in [0.2, 0.25) is 5.91 Å². The third kappa shape index (κ3) is 8.78. The van der Waals surface area contributed by atoms with E-state index < -0.39 is 24.3 Å². The summed E-state index contributed by atoms with van der Waals surface area (Å²) >= 11 is 0. The summed E-state index contributed by atoms with van der Waals surface area (Å²) in [6, 6.07) is 11.8. The van der Waals surface area contributed by atoms with Gasteiger partial charge in [-0.25, -0.2) is 9.07 Å². The van der Waals surface area contributed by atoms with Crippen molar-refractivity contribution in [1.82, 2.24) is 35.5 Å². The Morgan fingerprint density at radius 2 is 1.83 bits per heavy atom. The molecule has 214 valence electrons. The number of rotatable bonds is 11. The average Bonchev–Trinajstić information content (AvgIpc) is 3.40. The van der Waals surface area contributed by atoms with Crippen molar-refractivity contribution in [2.75, 3.05) is 12.4 Å². The summed E-state index contributed by atoms with van der Waals surface area (Å²) in [6.45, 7) is -0.0758. The van der Waals surface area contributed by atoms with E-state index >= 15 is 0 Å². The Morgan fingerprint density at radius 3 is 2.56 bits per heavy atom. The third-order valence-electron chi connectivity index (χ3n) is 5.64. The molecule has 0 aliphatic rings. The second kappa shape index (κ2) is 12.9. The average molecular weight is 573 g/mol. The fraction of sp³-hybridized carbons (Fsp3) is 0.269. The Kier molecular flexibility index (Phi) is 9.16. The first-order chi connectivity index (χ1) is 19.6. The van der Waals surface area contributed by atoms with Gasteiger partial charge in [-0.3, -0.25) is 14.6 Å². The second-order valence-electron chi connectivity index (χ2n) is 8.79. The molecule has 15 heteroatoms. The van der Waals surface area contributed by atoms with E-state index in [2.05, 4.69) is 40.9 Å². The van der Waals surface area contributed by atoms with Gasteiger partial charge in [0.25, 0.3) is 5.91 Å². The number of aryl methyl sites for hydroxylation is 1. The fourth-order valence-electron chi connectivity index (χ4n) is 3.76. The molecule has 3 aromatic heterocycles. The number of aromatic nitrogens is 6. The van der Waals surface area contributed by atoms with Crippen LogP contribution in [0.25, 0.3) is 11.1 Å². The first-order valence-corrected chi connectivity index (χ1v) is 12.3. The molecule has 1 atom stereocenters. The molecular weight excluding hydrogens is 548 g/mol. The quantitative estimate of drug-likeness (QED) is 0.261. The van der Waals surface area contributed by atoms with Crippen LogP contribution in [0.3, 0.4) is 0 Å². The van der Waals surface area contributed by atoms with E-state index in [0.29, 0.717) is 22.5 Å². The van der Waals surface area contributed by atoms with Crippen LogP contribution in [0.15, 0.2) is 60.9 Å².